The first-order chi connectivity index (χ1) is 9.61. The zero-order valence-corrected chi connectivity index (χ0v) is 11.9. The van der Waals surface area contributed by atoms with Gasteiger partial charge in [0.25, 0.3) is 0 Å². The smallest absolute Gasteiger partial charge is 0.309 e. The minimum Gasteiger partial charge on any atom is -0.466 e. The van der Waals surface area contributed by atoms with Gasteiger partial charge in [-0.3, -0.25) is 4.79 Å². The Morgan fingerprint density at radius 2 is 2.05 bits per heavy atom. The van der Waals surface area contributed by atoms with E-state index in [0.29, 0.717) is 25.2 Å². The molecule has 0 aliphatic rings. The molecule has 0 aliphatic heterocycles. The third kappa shape index (κ3) is 7.07. The normalized spacial score (nSPS) is 11.9. The number of carbonyl (C=O) groups is 1. The lowest BCUT2D eigenvalue weighted by molar-refractivity contribution is -0.142. The van der Waals surface area contributed by atoms with Crippen molar-refractivity contribution in [2.75, 3.05) is 13.2 Å². The molecule has 0 unspecified atom stereocenters. The van der Waals surface area contributed by atoms with E-state index < -0.39 is 6.10 Å². The molecule has 1 N–H and O–H groups in total. The van der Waals surface area contributed by atoms with Crippen molar-refractivity contribution in [2.24, 2.45) is 0 Å². The third-order valence-corrected chi connectivity index (χ3v) is 2.65. The summed E-state index contributed by atoms with van der Waals surface area (Å²) in [4.78, 5) is 11.2. The van der Waals surface area contributed by atoms with Crippen LogP contribution in [0.15, 0.2) is 42.5 Å². The summed E-state index contributed by atoms with van der Waals surface area (Å²) in [6.07, 6.45) is -0.169. The van der Waals surface area contributed by atoms with E-state index in [1.165, 1.54) is 0 Å². The SMILES string of the molecule is C=C(CC(=O)OCC)C[C@H](O)COCc1ccccc1. The Hall–Kier alpha value is -1.65. The molecule has 0 saturated heterocycles. The number of hydrogen-bond acceptors (Lipinski definition) is 4. The number of ether oxygens (including phenoxy) is 2. The largest absolute Gasteiger partial charge is 0.466 e. The first kappa shape index (κ1) is 16.4. The average molecular weight is 278 g/mol. The van der Waals surface area contributed by atoms with Crippen LogP contribution in [0.25, 0.3) is 0 Å². The molecule has 1 atom stereocenters. The van der Waals surface area contributed by atoms with Gasteiger partial charge >= 0.3 is 5.97 Å². The summed E-state index contributed by atoms with van der Waals surface area (Å²) in [7, 11) is 0. The van der Waals surface area contributed by atoms with Crippen LogP contribution in [0, 0.1) is 0 Å². The van der Waals surface area contributed by atoms with E-state index in [1.807, 2.05) is 30.3 Å². The molecule has 0 spiro atoms. The molecule has 0 aliphatic carbocycles. The summed E-state index contributed by atoms with van der Waals surface area (Å²) in [5.74, 6) is -0.310. The number of benzene rings is 1. The second-order valence-electron chi connectivity index (χ2n) is 4.59. The highest BCUT2D eigenvalue weighted by Crippen LogP contribution is 2.10. The molecule has 1 aromatic rings. The molecule has 1 rings (SSSR count). The van der Waals surface area contributed by atoms with E-state index in [2.05, 4.69) is 6.58 Å². The maximum Gasteiger partial charge on any atom is 0.309 e. The first-order valence-corrected chi connectivity index (χ1v) is 6.73. The second kappa shape index (κ2) is 9.28. The van der Waals surface area contributed by atoms with E-state index in [0.717, 1.165) is 5.56 Å². The summed E-state index contributed by atoms with van der Waals surface area (Å²) in [5.41, 5.74) is 1.71. The van der Waals surface area contributed by atoms with E-state index in [1.54, 1.807) is 6.92 Å². The molecule has 110 valence electrons. The maximum atomic E-state index is 11.2. The van der Waals surface area contributed by atoms with Crippen LogP contribution in [0.1, 0.15) is 25.3 Å². The highest BCUT2D eigenvalue weighted by molar-refractivity contribution is 5.72. The van der Waals surface area contributed by atoms with Crippen molar-refractivity contribution in [1.29, 1.82) is 0 Å². The van der Waals surface area contributed by atoms with Crippen LogP contribution in [-0.4, -0.2) is 30.4 Å². The predicted octanol–water partition coefficient (Wildman–Crippen LogP) is 2.46. The van der Waals surface area contributed by atoms with Gasteiger partial charge in [0, 0.05) is 0 Å². The molecule has 0 amide bonds. The van der Waals surface area contributed by atoms with Crippen LogP contribution in [0.3, 0.4) is 0 Å². The van der Waals surface area contributed by atoms with Crippen LogP contribution in [0.4, 0.5) is 0 Å². The van der Waals surface area contributed by atoms with Gasteiger partial charge in [0.05, 0.1) is 32.3 Å². The minimum atomic E-state index is -0.652. The molecule has 0 bridgehead atoms. The van der Waals surface area contributed by atoms with Gasteiger partial charge in [-0.15, -0.1) is 0 Å². The van der Waals surface area contributed by atoms with Gasteiger partial charge in [0.2, 0.25) is 0 Å². The highest BCUT2D eigenvalue weighted by atomic mass is 16.5. The summed E-state index contributed by atoms with van der Waals surface area (Å²) < 4.78 is 10.2. The van der Waals surface area contributed by atoms with Crippen molar-refractivity contribution in [3.63, 3.8) is 0 Å². The topological polar surface area (TPSA) is 55.8 Å². The molecule has 0 aromatic heterocycles. The quantitative estimate of drug-likeness (QED) is 0.557. The Morgan fingerprint density at radius 1 is 1.35 bits per heavy atom. The molecule has 4 heteroatoms. The van der Waals surface area contributed by atoms with Crippen molar-refractivity contribution in [1.82, 2.24) is 0 Å². The lowest BCUT2D eigenvalue weighted by Crippen LogP contribution is -2.17. The van der Waals surface area contributed by atoms with Crippen molar-refractivity contribution < 1.29 is 19.4 Å². The molecule has 20 heavy (non-hydrogen) atoms. The van der Waals surface area contributed by atoms with Crippen LogP contribution >= 0.6 is 0 Å². The van der Waals surface area contributed by atoms with E-state index in [4.69, 9.17) is 9.47 Å². The molecular formula is C16H22O4. The van der Waals surface area contributed by atoms with Crippen LogP contribution in [-0.2, 0) is 20.9 Å². The summed E-state index contributed by atoms with van der Waals surface area (Å²) in [5, 5.41) is 9.80. The van der Waals surface area contributed by atoms with Gasteiger partial charge in [-0.25, -0.2) is 0 Å². The highest BCUT2D eigenvalue weighted by Gasteiger charge is 2.10. The molecule has 4 nitrogen and oxygen atoms in total. The molecule has 0 radical (unpaired) electrons. The van der Waals surface area contributed by atoms with Crippen molar-refractivity contribution in [3.8, 4) is 0 Å². The van der Waals surface area contributed by atoms with Crippen molar-refractivity contribution in [3.05, 3.63) is 48.0 Å². The van der Waals surface area contributed by atoms with Crippen LogP contribution in [0.2, 0.25) is 0 Å². The number of esters is 1. The zero-order valence-electron chi connectivity index (χ0n) is 11.9. The summed E-state index contributed by atoms with van der Waals surface area (Å²) in [6, 6.07) is 9.75. The number of hydrogen-bond donors (Lipinski definition) is 1. The molecule has 1 aromatic carbocycles. The number of aliphatic hydroxyl groups is 1. The van der Waals surface area contributed by atoms with Gasteiger partial charge in [-0.05, 0) is 18.9 Å². The Kier molecular flexibility index (Phi) is 7.62. The molecule has 0 heterocycles. The average Bonchev–Trinajstić information content (AvgIpc) is 2.39. The van der Waals surface area contributed by atoms with Crippen molar-refractivity contribution in [2.45, 2.75) is 32.5 Å². The van der Waals surface area contributed by atoms with Gasteiger partial charge in [0.15, 0.2) is 0 Å². The van der Waals surface area contributed by atoms with E-state index in [9.17, 15) is 9.90 Å². The lowest BCUT2D eigenvalue weighted by Gasteiger charge is -2.12. The van der Waals surface area contributed by atoms with Gasteiger partial charge in [-0.1, -0.05) is 42.5 Å². The number of rotatable bonds is 9. The fourth-order valence-corrected chi connectivity index (χ4v) is 1.77. The lowest BCUT2D eigenvalue weighted by atomic mass is 10.1. The van der Waals surface area contributed by atoms with Gasteiger partial charge in [-0.2, -0.15) is 0 Å². The van der Waals surface area contributed by atoms with Gasteiger partial charge in [0.1, 0.15) is 0 Å². The fourth-order valence-electron chi connectivity index (χ4n) is 1.77. The first-order valence-electron chi connectivity index (χ1n) is 6.73. The number of aliphatic hydroxyl groups excluding tert-OH is 1. The zero-order chi connectivity index (χ0) is 14.8. The van der Waals surface area contributed by atoms with E-state index >= 15 is 0 Å². The standard InChI is InChI=1S/C16H22O4/c1-3-20-16(18)10-13(2)9-15(17)12-19-11-14-7-5-4-6-8-14/h4-8,15,17H,2-3,9-12H2,1H3/t15-/m0/s1. The Bertz CT molecular complexity index is 414. The minimum absolute atomic E-state index is 0.142. The van der Waals surface area contributed by atoms with Gasteiger partial charge < -0.3 is 14.6 Å². The molecule has 0 fully saturated rings. The Balaban J connectivity index is 2.18. The molecule has 0 saturated carbocycles. The number of carbonyl (C=O) groups excluding carboxylic acids is 1. The predicted molar refractivity (Wildman–Crippen MR) is 77.1 cm³/mol. The third-order valence-electron chi connectivity index (χ3n) is 2.65. The maximum absolute atomic E-state index is 11.2. The second-order valence-corrected chi connectivity index (χ2v) is 4.59. The Labute approximate surface area is 120 Å². The van der Waals surface area contributed by atoms with Crippen molar-refractivity contribution >= 4 is 5.97 Å². The van der Waals surface area contributed by atoms with E-state index in [-0.39, 0.29) is 19.0 Å². The van der Waals surface area contributed by atoms with Crippen LogP contribution < -0.4 is 0 Å². The van der Waals surface area contributed by atoms with Crippen LogP contribution in [0.5, 0.6) is 0 Å². The monoisotopic (exact) mass is 278 g/mol. The molecular weight excluding hydrogens is 256 g/mol. The Morgan fingerprint density at radius 3 is 2.70 bits per heavy atom. The summed E-state index contributed by atoms with van der Waals surface area (Å²) in [6.45, 7) is 6.56. The fraction of sp³-hybridized carbons (Fsp3) is 0.438. The summed E-state index contributed by atoms with van der Waals surface area (Å²) >= 11 is 0.